The molecule has 4 rings (SSSR count). The zero-order valence-corrected chi connectivity index (χ0v) is 8.50. The van der Waals surface area contributed by atoms with E-state index in [4.69, 9.17) is 22.1 Å². The van der Waals surface area contributed by atoms with Crippen molar-refractivity contribution in [1.82, 2.24) is 9.78 Å². The van der Waals surface area contributed by atoms with Gasteiger partial charge in [0.15, 0.2) is 5.82 Å². The molecule has 2 N–H and O–H groups in total. The molecule has 0 atom stereocenters. The Bertz CT molecular complexity index is 345. The number of hydrogen-bond donors (Lipinski definition) is 1. The maximum Gasteiger partial charge on any atom is 0.164 e. The van der Waals surface area contributed by atoms with Crippen LogP contribution in [0.25, 0.3) is 0 Å². The van der Waals surface area contributed by atoms with Gasteiger partial charge < -0.3 is 10.5 Å². The molecule has 14 heavy (non-hydrogen) atoms. The summed E-state index contributed by atoms with van der Waals surface area (Å²) < 4.78 is 7.51. The quantitative estimate of drug-likeness (QED) is 0.806. The average Bonchev–Trinajstić information content (AvgIpc) is 2.67. The summed E-state index contributed by atoms with van der Waals surface area (Å²) in [4.78, 5) is 0. The maximum atomic E-state index is 5.82. The van der Waals surface area contributed by atoms with Crippen LogP contribution in [0, 0.1) is 5.92 Å². The van der Waals surface area contributed by atoms with Gasteiger partial charge in [-0.3, -0.25) is 4.68 Å². The second kappa shape index (κ2) is 2.64. The van der Waals surface area contributed by atoms with Crippen LogP contribution >= 0.6 is 11.6 Å². The molecular formula is C9H12ClN3O. The second-order valence-electron chi connectivity index (χ2n) is 4.33. The number of aromatic nitrogens is 2. The fourth-order valence-electron chi connectivity index (χ4n) is 2.49. The number of nitrogens with two attached hydrogens (primary N) is 1. The first-order valence-electron chi connectivity index (χ1n) is 4.79. The van der Waals surface area contributed by atoms with E-state index >= 15 is 0 Å². The summed E-state index contributed by atoms with van der Waals surface area (Å²) in [6.07, 6.45) is 4.08. The molecule has 76 valence electrons. The molecule has 1 aliphatic carbocycles. The molecule has 0 spiro atoms. The van der Waals surface area contributed by atoms with Crippen LogP contribution in [0.4, 0.5) is 5.82 Å². The molecule has 2 bridgehead atoms. The number of hydrogen-bond acceptors (Lipinski definition) is 3. The first-order valence-corrected chi connectivity index (χ1v) is 5.17. The van der Waals surface area contributed by atoms with Gasteiger partial charge in [0.25, 0.3) is 0 Å². The van der Waals surface area contributed by atoms with Crippen molar-refractivity contribution in [3.63, 3.8) is 0 Å². The summed E-state index contributed by atoms with van der Waals surface area (Å²) in [5.41, 5.74) is 5.60. The smallest absolute Gasteiger partial charge is 0.164 e. The van der Waals surface area contributed by atoms with E-state index < -0.39 is 0 Å². The third kappa shape index (κ3) is 1.14. The molecule has 0 radical (unpaired) electrons. The highest BCUT2D eigenvalue weighted by atomic mass is 35.5. The van der Waals surface area contributed by atoms with Gasteiger partial charge in [-0.2, -0.15) is 5.10 Å². The van der Waals surface area contributed by atoms with Gasteiger partial charge in [0.2, 0.25) is 0 Å². The summed E-state index contributed by atoms with van der Waals surface area (Å²) in [6, 6.07) is 0. The van der Waals surface area contributed by atoms with Crippen LogP contribution in [0.2, 0.25) is 5.02 Å². The molecule has 2 aliphatic heterocycles. The van der Waals surface area contributed by atoms with Crippen LogP contribution in [0.5, 0.6) is 0 Å². The number of rotatable bonds is 2. The van der Waals surface area contributed by atoms with Crippen LogP contribution in [-0.4, -0.2) is 22.0 Å². The molecule has 1 saturated carbocycles. The fourth-order valence-corrected chi connectivity index (χ4v) is 2.64. The average molecular weight is 214 g/mol. The SMILES string of the molecule is Nc1nn(CC23CC(CO2)C3)cc1Cl. The highest BCUT2D eigenvalue weighted by Gasteiger charge is 2.52. The largest absolute Gasteiger partial charge is 0.381 e. The lowest BCUT2D eigenvalue weighted by Crippen LogP contribution is -2.40. The summed E-state index contributed by atoms with van der Waals surface area (Å²) in [6.45, 7) is 1.69. The molecule has 3 fully saturated rings. The molecule has 2 saturated heterocycles. The van der Waals surface area contributed by atoms with Crippen LogP contribution in [0.1, 0.15) is 12.8 Å². The van der Waals surface area contributed by atoms with Crippen molar-refractivity contribution in [2.45, 2.75) is 25.0 Å². The predicted octanol–water partition coefficient (Wildman–Crippen LogP) is 1.30. The Morgan fingerprint density at radius 3 is 3.00 bits per heavy atom. The lowest BCUT2D eigenvalue weighted by Gasteiger charge is -2.35. The number of nitrogen functional groups attached to an aromatic ring is 1. The Hall–Kier alpha value is -0.740. The second-order valence-corrected chi connectivity index (χ2v) is 4.74. The molecule has 3 aliphatic rings. The van der Waals surface area contributed by atoms with Crippen LogP contribution < -0.4 is 5.73 Å². The third-order valence-electron chi connectivity index (χ3n) is 3.14. The van der Waals surface area contributed by atoms with Crippen molar-refractivity contribution >= 4 is 17.4 Å². The molecule has 0 unspecified atom stereocenters. The van der Waals surface area contributed by atoms with E-state index in [1.807, 2.05) is 0 Å². The number of fused-ring (bicyclic) bond motifs is 1. The highest BCUT2D eigenvalue weighted by molar-refractivity contribution is 6.32. The summed E-state index contributed by atoms with van der Waals surface area (Å²) in [5.74, 6) is 1.18. The van der Waals surface area contributed by atoms with E-state index in [-0.39, 0.29) is 5.60 Å². The lowest BCUT2D eigenvalue weighted by atomic mass is 9.75. The Balaban J connectivity index is 1.78. The summed E-state index contributed by atoms with van der Waals surface area (Å²) >= 11 is 5.82. The topological polar surface area (TPSA) is 53.1 Å². The van der Waals surface area contributed by atoms with Crippen molar-refractivity contribution in [2.24, 2.45) is 5.92 Å². The van der Waals surface area contributed by atoms with Crippen molar-refractivity contribution in [1.29, 1.82) is 0 Å². The number of ether oxygens (including phenoxy) is 1. The minimum absolute atomic E-state index is 0.0342. The zero-order valence-electron chi connectivity index (χ0n) is 7.74. The normalized spacial score (nSPS) is 34.5. The van der Waals surface area contributed by atoms with E-state index in [1.54, 1.807) is 10.9 Å². The zero-order chi connectivity index (χ0) is 9.76. The first-order chi connectivity index (χ1) is 6.67. The molecule has 0 aromatic carbocycles. The summed E-state index contributed by atoms with van der Waals surface area (Å²) in [7, 11) is 0. The van der Waals surface area contributed by atoms with Crippen LogP contribution in [0.15, 0.2) is 6.20 Å². The maximum absolute atomic E-state index is 5.82. The van der Waals surface area contributed by atoms with E-state index in [0.717, 1.165) is 31.9 Å². The molecule has 1 aromatic rings. The molecular weight excluding hydrogens is 202 g/mol. The molecule has 3 heterocycles. The molecule has 4 nitrogen and oxygen atoms in total. The standard InChI is InChI=1S/C9H12ClN3O/c10-7-3-13(12-8(7)11)5-9-1-6(2-9)4-14-9/h3,6H,1-2,4-5H2,(H2,11,12). The molecule has 0 amide bonds. The van der Waals surface area contributed by atoms with E-state index in [1.165, 1.54) is 0 Å². The van der Waals surface area contributed by atoms with Crippen molar-refractivity contribution in [3.8, 4) is 0 Å². The molecule has 1 aromatic heterocycles. The van der Waals surface area contributed by atoms with Gasteiger partial charge in [-0.05, 0) is 18.8 Å². The van der Waals surface area contributed by atoms with Crippen molar-refractivity contribution < 1.29 is 4.74 Å². The minimum atomic E-state index is 0.0342. The van der Waals surface area contributed by atoms with Gasteiger partial charge in [-0.25, -0.2) is 0 Å². The van der Waals surface area contributed by atoms with E-state index in [0.29, 0.717) is 10.8 Å². The Morgan fingerprint density at radius 2 is 2.50 bits per heavy atom. The van der Waals surface area contributed by atoms with Crippen molar-refractivity contribution in [2.75, 3.05) is 12.3 Å². The van der Waals surface area contributed by atoms with Gasteiger partial charge in [0.05, 0.1) is 18.8 Å². The van der Waals surface area contributed by atoms with Crippen LogP contribution in [0.3, 0.4) is 0 Å². The van der Waals surface area contributed by atoms with E-state index in [2.05, 4.69) is 5.10 Å². The predicted molar refractivity (Wildman–Crippen MR) is 53.1 cm³/mol. The highest BCUT2D eigenvalue weighted by Crippen LogP contribution is 2.49. The van der Waals surface area contributed by atoms with Crippen molar-refractivity contribution in [3.05, 3.63) is 11.2 Å². The minimum Gasteiger partial charge on any atom is -0.381 e. The van der Waals surface area contributed by atoms with Gasteiger partial charge in [-0.1, -0.05) is 11.6 Å². The van der Waals surface area contributed by atoms with E-state index in [9.17, 15) is 0 Å². The van der Waals surface area contributed by atoms with Gasteiger partial charge in [0.1, 0.15) is 5.02 Å². The number of halogens is 1. The Labute approximate surface area is 87.0 Å². The Kier molecular flexibility index (Phi) is 1.61. The van der Waals surface area contributed by atoms with Gasteiger partial charge in [-0.15, -0.1) is 0 Å². The van der Waals surface area contributed by atoms with Gasteiger partial charge in [0, 0.05) is 6.20 Å². The fraction of sp³-hybridized carbons (Fsp3) is 0.667. The third-order valence-corrected chi connectivity index (χ3v) is 3.43. The first kappa shape index (κ1) is 8.56. The van der Waals surface area contributed by atoms with Gasteiger partial charge >= 0.3 is 0 Å². The molecule has 5 heteroatoms. The Morgan fingerprint density at radius 1 is 1.71 bits per heavy atom. The number of nitrogens with zero attached hydrogens (tertiary/aromatic N) is 2. The van der Waals surface area contributed by atoms with Crippen LogP contribution in [-0.2, 0) is 11.3 Å². The number of anilines is 1. The lowest BCUT2D eigenvalue weighted by molar-refractivity contribution is -0.0162. The monoisotopic (exact) mass is 213 g/mol. The summed E-state index contributed by atoms with van der Waals surface area (Å²) in [5, 5.41) is 4.65.